The van der Waals surface area contributed by atoms with Crippen LogP contribution in [-0.2, 0) is 11.3 Å². The van der Waals surface area contributed by atoms with E-state index < -0.39 is 0 Å². The number of nitrogens with zero attached hydrogens (tertiary/aromatic N) is 5. The van der Waals surface area contributed by atoms with Crippen molar-refractivity contribution in [2.45, 2.75) is 38.3 Å². The van der Waals surface area contributed by atoms with Gasteiger partial charge in [0.25, 0.3) is 5.91 Å². The molecule has 0 aliphatic heterocycles. The summed E-state index contributed by atoms with van der Waals surface area (Å²) in [4.78, 5) is 28.3. The Bertz CT molecular complexity index is 934. The first-order valence-electron chi connectivity index (χ1n) is 9.77. The standard InChI is InChI=1S/C21H25N5O2/c1-28-11-10-25(14-17-6-4-5-9-22-17)21(27)16-12-19-20(23-13-16)26(15-24-19)18-7-2-3-8-18/h4-6,9,12-13,15,18H,2-3,7-8,10-11,14H2,1H3. The molecular weight excluding hydrogens is 354 g/mol. The van der Waals surface area contributed by atoms with Gasteiger partial charge in [0.15, 0.2) is 5.65 Å². The summed E-state index contributed by atoms with van der Waals surface area (Å²) < 4.78 is 7.34. The van der Waals surface area contributed by atoms with Gasteiger partial charge in [-0.15, -0.1) is 0 Å². The van der Waals surface area contributed by atoms with Crippen LogP contribution in [0.15, 0.2) is 43.0 Å². The lowest BCUT2D eigenvalue weighted by atomic mass is 10.2. The van der Waals surface area contributed by atoms with Crippen molar-refractivity contribution in [1.82, 2.24) is 24.4 Å². The fraction of sp³-hybridized carbons (Fsp3) is 0.429. The molecule has 28 heavy (non-hydrogen) atoms. The van der Waals surface area contributed by atoms with Gasteiger partial charge in [0, 0.05) is 32.1 Å². The van der Waals surface area contributed by atoms with Gasteiger partial charge >= 0.3 is 0 Å². The van der Waals surface area contributed by atoms with Gasteiger partial charge in [-0.1, -0.05) is 18.9 Å². The number of ether oxygens (including phenoxy) is 1. The Hall–Kier alpha value is -2.80. The molecule has 146 valence electrons. The lowest BCUT2D eigenvalue weighted by Gasteiger charge is -2.22. The summed E-state index contributed by atoms with van der Waals surface area (Å²) in [5, 5.41) is 0. The van der Waals surface area contributed by atoms with Crippen LogP contribution >= 0.6 is 0 Å². The van der Waals surface area contributed by atoms with Crippen molar-refractivity contribution in [1.29, 1.82) is 0 Å². The van der Waals surface area contributed by atoms with Crippen LogP contribution in [0.1, 0.15) is 47.8 Å². The van der Waals surface area contributed by atoms with Gasteiger partial charge in [-0.2, -0.15) is 0 Å². The van der Waals surface area contributed by atoms with Crippen molar-refractivity contribution < 1.29 is 9.53 Å². The monoisotopic (exact) mass is 379 g/mol. The molecule has 1 aliphatic rings. The van der Waals surface area contributed by atoms with Gasteiger partial charge in [0.2, 0.25) is 0 Å². The number of aromatic nitrogens is 4. The molecule has 0 N–H and O–H groups in total. The first-order chi connectivity index (χ1) is 13.8. The first kappa shape index (κ1) is 18.6. The molecule has 0 atom stereocenters. The summed E-state index contributed by atoms with van der Waals surface area (Å²) in [6.07, 6.45) is 10.1. The minimum absolute atomic E-state index is 0.0903. The SMILES string of the molecule is COCCN(Cc1ccccn1)C(=O)c1cnc2c(c1)ncn2C1CCCC1. The molecule has 0 bridgehead atoms. The maximum Gasteiger partial charge on any atom is 0.255 e. The van der Waals surface area contributed by atoms with Crippen molar-refractivity contribution in [3.63, 3.8) is 0 Å². The van der Waals surface area contributed by atoms with E-state index in [0.29, 0.717) is 31.3 Å². The molecule has 7 heteroatoms. The van der Waals surface area contributed by atoms with Gasteiger partial charge in [-0.3, -0.25) is 9.78 Å². The highest BCUT2D eigenvalue weighted by Crippen LogP contribution is 2.31. The van der Waals surface area contributed by atoms with Crippen LogP contribution in [0.3, 0.4) is 0 Å². The van der Waals surface area contributed by atoms with Crippen molar-refractivity contribution in [2.24, 2.45) is 0 Å². The second kappa shape index (κ2) is 8.48. The Kier molecular flexibility index (Phi) is 5.62. The van der Waals surface area contributed by atoms with E-state index in [9.17, 15) is 4.79 Å². The van der Waals surface area contributed by atoms with Gasteiger partial charge < -0.3 is 14.2 Å². The van der Waals surface area contributed by atoms with Crippen LogP contribution in [0.4, 0.5) is 0 Å². The van der Waals surface area contributed by atoms with Crippen LogP contribution in [0.2, 0.25) is 0 Å². The highest BCUT2D eigenvalue weighted by molar-refractivity contribution is 5.96. The molecule has 1 aliphatic carbocycles. The number of fused-ring (bicyclic) bond motifs is 1. The second-order valence-corrected chi connectivity index (χ2v) is 7.20. The zero-order valence-electron chi connectivity index (χ0n) is 16.1. The third kappa shape index (κ3) is 3.89. The summed E-state index contributed by atoms with van der Waals surface area (Å²) >= 11 is 0. The predicted molar refractivity (Wildman–Crippen MR) is 106 cm³/mol. The molecular formula is C21H25N5O2. The number of rotatable bonds is 7. The van der Waals surface area contributed by atoms with E-state index in [2.05, 4.69) is 19.5 Å². The van der Waals surface area contributed by atoms with E-state index in [1.807, 2.05) is 30.6 Å². The summed E-state index contributed by atoms with van der Waals surface area (Å²) in [6, 6.07) is 8.02. The molecule has 7 nitrogen and oxygen atoms in total. The van der Waals surface area contributed by atoms with Crippen LogP contribution in [0, 0.1) is 0 Å². The van der Waals surface area contributed by atoms with Crippen LogP contribution in [-0.4, -0.2) is 50.6 Å². The summed E-state index contributed by atoms with van der Waals surface area (Å²) in [6.45, 7) is 1.38. The molecule has 0 saturated heterocycles. The fourth-order valence-electron chi connectivity index (χ4n) is 3.81. The Morgan fingerprint density at radius 3 is 2.86 bits per heavy atom. The smallest absolute Gasteiger partial charge is 0.255 e. The van der Waals surface area contributed by atoms with Crippen molar-refractivity contribution in [3.05, 3.63) is 54.2 Å². The molecule has 1 fully saturated rings. The molecule has 1 saturated carbocycles. The van der Waals surface area contributed by atoms with Crippen molar-refractivity contribution in [2.75, 3.05) is 20.3 Å². The summed E-state index contributed by atoms with van der Waals surface area (Å²) in [7, 11) is 1.63. The van der Waals surface area contributed by atoms with Crippen molar-refractivity contribution >= 4 is 17.1 Å². The molecule has 3 aromatic rings. The van der Waals surface area contributed by atoms with E-state index >= 15 is 0 Å². The summed E-state index contributed by atoms with van der Waals surface area (Å²) in [5.74, 6) is -0.0903. The number of carbonyl (C=O) groups excluding carboxylic acids is 1. The number of amides is 1. The van der Waals surface area contributed by atoms with Crippen LogP contribution < -0.4 is 0 Å². The molecule has 0 aromatic carbocycles. The lowest BCUT2D eigenvalue weighted by Crippen LogP contribution is -2.33. The molecule has 4 rings (SSSR count). The molecule has 3 heterocycles. The van der Waals surface area contributed by atoms with E-state index in [0.717, 1.165) is 16.9 Å². The number of pyridine rings is 2. The number of methoxy groups -OCH3 is 1. The second-order valence-electron chi connectivity index (χ2n) is 7.20. The Morgan fingerprint density at radius 1 is 1.25 bits per heavy atom. The molecule has 0 radical (unpaired) electrons. The number of carbonyl (C=O) groups is 1. The number of hydrogen-bond donors (Lipinski definition) is 0. The molecule has 0 unspecified atom stereocenters. The number of hydrogen-bond acceptors (Lipinski definition) is 5. The Morgan fingerprint density at radius 2 is 2.11 bits per heavy atom. The zero-order valence-corrected chi connectivity index (χ0v) is 16.1. The minimum Gasteiger partial charge on any atom is -0.383 e. The van der Waals surface area contributed by atoms with Gasteiger partial charge in [-0.25, -0.2) is 9.97 Å². The zero-order chi connectivity index (χ0) is 19.3. The molecule has 1 amide bonds. The third-order valence-corrected chi connectivity index (χ3v) is 5.31. The van der Waals surface area contributed by atoms with E-state index in [4.69, 9.17) is 4.74 Å². The minimum atomic E-state index is -0.0903. The molecule has 3 aromatic heterocycles. The van der Waals surface area contributed by atoms with E-state index in [-0.39, 0.29) is 5.91 Å². The maximum atomic E-state index is 13.1. The summed E-state index contributed by atoms with van der Waals surface area (Å²) in [5.41, 5.74) is 3.00. The van der Waals surface area contributed by atoms with Gasteiger partial charge in [-0.05, 0) is 31.0 Å². The molecule has 0 spiro atoms. The van der Waals surface area contributed by atoms with E-state index in [1.54, 1.807) is 24.4 Å². The topological polar surface area (TPSA) is 73.1 Å². The number of imidazole rings is 1. The first-order valence-corrected chi connectivity index (χ1v) is 9.77. The Labute approximate surface area is 164 Å². The third-order valence-electron chi connectivity index (χ3n) is 5.31. The normalized spacial score (nSPS) is 14.6. The van der Waals surface area contributed by atoms with Crippen molar-refractivity contribution in [3.8, 4) is 0 Å². The van der Waals surface area contributed by atoms with Crippen LogP contribution in [0.5, 0.6) is 0 Å². The average Bonchev–Trinajstić information content (AvgIpc) is 3.40. The highest BCUT2D eigenvalue weighted by atomic mass is 16.5. The highest BCUT2D eigenvalue weighted by Gasteiger charge is 2.21. The largest absolute Gasteiger partial charge is 0.383 e. The van der Waals surface area contributed by atoms with Gasteiger partial charge in [0.05, 0.1) is 30.7 Å². The quantitative estimate of drug-likeness (QED) is 0.630. The average molecular weight is 379 g/mol. The maximum absolute atomic E-state index is 13.1. The van der Waals surface area contributed by atoms with Crippen LogP contribution in [0.25, 0.3) is 11.2 Å². The van der Waals surface area contributed by atoms with E-state index in [1.165, 1.54) is 25.7 Å². The predicted octanol–water partition coefficient (Wildman–Crippen LogP) is 3.23. The van der Waals surface area contributed by atoms with Gasteiger partial charge in [0.1, 0.15) is 5.52 Å². The lowest BCUT2D eigenvalue weighted by molar-refractivity contribution is 0.0677. The Balaban J connectivity index is 1.58. The fourth-order valence-corrected chi connectivity index (χ4v) is 3.81.